The first-order chi connectivity index (χ1) is 5.66. The molecular weight excluding hydrogens is 227 g/mol. The molecule has 0 unspecified atom stereocenters. The quantitative estimate of drug-likeness (QED) is 0.793. The van der Waals surface area contributed by atoms with E-state index in [1.165, 1.54) is 6.07 Å². The van der Waals surface area contributed by atoms with Gasteiger partial charge in [0.25, 0.3) is 0 Å². The highest BCUT2D eigenvalue weighted by atomic mass is 79.9. The summed E-state index contributed by atoms with van der Waals surface area (Å²) in [4.78, 5) is 10.1. The lowest BCUT2D eigenvalue weighted by Gasteiger charge is -2.03. The van der Waals surface area contributed by atoms with Crippen molar-refractivity contribution >= 4 is 22.2 Å². The Bertz CT molecular complexity index is 312. The van der Waals surface area contributed by atoms with Gasteiger partial charge in [-0.05, 0) is 28.1 Å². The highest BCUT2D eigenvalue weighted by molar-refractivity contribution is 9.10. The summed E-state index contributed by atoms with van der Waals surface area (Å²) in [5.41, 5.74) is 0.282. The molecule has 1 aromatic carbocycles. The molecule has 12 heavy (non-hydrogen) atoms. The van der Waals surface area contributed by atoms with Gasteiger partial charge in [0.2, 0.25) is 0 Å². The molecule has 0 aliphatic rings. The number of aldehydes is 1. The lowest BCUT2D eigenvalue weighted by molar-refractivity contribution is -0.107. The molecule has 0 bridgehead atoms. The molecule has 0 aromatic heterocycles. The van der Waals surface area contributed by atoms with E-state index in [1.54, 1.807) is 0 Å². The predicted molar refractivity (Wildman–Crippen MR) is 45.5 cm³/mol. The van der Waals surface area contributed by atoms with Crippen LogP contribution in [0.25, 0.3) is 0 Å². The zero-order valence-electron chi connectivity index (χ0n) is 6.05. The van der Waals surface area contributed by atoms with E-state index in [1.807, 2.05) is 0 Å². The molecule has 0 radical (unpaired) electrons. The molecule has 2 nitrogen and oxygen atoms in total. The minimum absolute atomic E-state index is 0.00414. The third-order valence-corrected chi connectivity index (χ3v) is 2.32. The number of phenols is 1. The van der Waals surface area contributed by atoms with Crippen LogP contribution >= 0.6 is 15.9 Å². The van der Waals surface area contributed by atoms with Crippen molar-refractivity contribution in [1.29, 1.82) is 0 Å². The van der Waals surface area contributed by atoms with Crippen molar-refractivity contribution in [1.82, 2.24) is 0 Å². The van der Waals surface area contributed by atoms with Crippen molar-refractivity contribution < 1.29 is 14.3 Å². The Hall–Kier alpha value is -0.900. The number of hydrogen-bond acceptors (Lipinski definition) is 2. The second-order valence-electron chi connectivity index (χ2n) is 2.23. The normalized spacial score (nSPS) is 9.83. The molecule has 0 aliphatic carbocycles. The maximum atomic E-state index is 12.8. The van der Waals surface area contributed by atoms with Crippen molar-refractivity contribution in [3.63, 3.8) is 0 Å². The first-order valence-electron chi connectivity index (χ1n) is 3.26. The Labute approximate surface area is 77.2 Å². The molecule has 4 heteroatoms. The van der Waals surface area contributed by atoms with Gasteiger partial charge in [0, 0.05) is 12.0 Å². The van der Waals surface area contributed by atoms with Gasteiger partial charge < -0.3 is 9.90 Å². The number of aromatic hydroxyl groups is 1. The van der Waals surface area contributed by atoms with Crippen LogP contribution in [0.15, 0.2) is 16.6 Å². The van der Waals surface area contributed by atoms with Crippen LogP contribution < -0.4 is 0 Å². The van der Waals surface area contributed by atoms with Crippen LogP contribution in [0.3, 0.4) is 0 Å². The van der Waals surface area contributed by atoms with E-state index in [-0.39, 0.29) is 22.2 Å². The van der Waals surface area contributed by atoms with E-state index in [2.05, 4.69) is 15.9 Å². The highest BCUT2D eigenvalue weighted by Gasteiger charge is 2.09. The summed E-state index contributed by atoms with van der Waals surface area (Å²) in [6.07, 6.45) is 0.615. The van der Waals surface area contributed by atoms with Crippen LogP contribution in [0.5, 0.6) is 5.75 Å². The molecule has 0 spiro atoms. The smallest absolute Gasteiger partial charge is 0.137 e. The highest BCUT2D eigenvalue weighted by Crippen LogP contribution is 2.28. The molecule has 1 aromatic rings. The van der Waals surface area contributed by atoms with Crippen LogP contribution in [0.2, 0.25) is 0 Å². The van der Waals surface area contributed by atoms with Crippen LogP contribution in [0.1, 0.15) is 5.56 Å². The number of hydrogen-bond donors (Lipinski definition) is 1. The fourth-order valence-corrected chi connectivity index (χ4v) is 1.36. The van der Waals surface area contributed by atoms with Gasteiger partial charge in [-0.1, -0.05) is 0 Å². The zero-order valence-corrected chi connectivity index (χ0v) is 7.64. The largest absolute Gasteiger partial charge is 0.508 e. The molecule has 0 atom stereocenters. The minimum atomic E-state index is -0.482. The van der Waals surface area contributed by atoms with Crippen molar-refractivity contribution in [2.75, 3.05) is 0 Å². The van der Waals surface area contributed by atoms with Gasteiger partial charge in [-0.15, -0.1) is 0 Å². The number of carbonyl (C=O) groups is 1. The van der Waals surface area contributed by atoms with Gasteiger partial charge in [-0.2, -0.15) is 0 Å². The van der Waals surface area contributed by atoms with Crippen LogP contribution in [0, 0.1) is 5.82 Å². The third-order valence-electron chi connectivity index (χ3n) is 1.46. The van der Waals surface area contributed by atoms with Crippen molar-refractivity contribution in [3.05, 3.63) is 28.0 Å². The molecule has 1 N–H and O–H groups in total. The van der Waals surface area contributed by atoms with E-state index >= 15 is 0 Å². The van der Waals surface area contributed by atoms with E-state index in [0.29, 0.717) is 6.29 Å². The Morgan fingerprint density at radius 1 is 1.58 bits per heavy atom. The fraction of sp³-hybridized carbons (Fsp3) is 0.125. The average Bonchev–Trinajstić information content (AvgIpc) is 2.06. The third kappa shape index (κ3) is 1.64. The minimum Gasteiger partial charge on any atom is -0.508 e. The van der Waals surface area contributed by atoms with E-state index < -0.39 is 5.82 Å². The molecular formula is C8H6BrFO2. The molecule has 1 rings (SSSR count). The Morgan fingerprint density at radius 3 is 2.83 bits per heavy atom. The zero-order chi connectivity index (χ0) is 9.14. The number of rotatable bonds is 2. The van der Waals surface area contributed by atoms with Gasteiger partial charge in [0.1, 0.15) is 17.9 Å². The Kier molecular flexibility index (Phi) is 2.81. The number of carbonyl (C=O) groups excluding carboxylic acids is 1. The molecule has 0 saturated heterocycles. The number of benzene rings is 1. The molecule has 0 saturated carbocycles. The Morgan fingerprint density at radius 2 is 2.25 bits per heavy atom. The second kappa shape index (κ2) is 3.67. The topological polar surface area (TPSA) is 37.3 Å². The first-order valence-corrected chi connectivity index (χ1v) is 4.05. The maximum absolute atomic E-state index is 12.8. The van der Waals surface area contributed by atoms with Crippen molar-refractivity contribution in [3.8, 4) is 5.75 Å². The van der Waals surface area contributed by atoms with Gasteiger partial charge in [0.05, 0.1) is 4.47 Å². The average molecular weight is 233 g/mol. The monoisotopic (exact) mass is 232 g/mol. The SMILES string of the molecule is O=CCc1c(O)ccc(F)c1Br. The predicted octanol–water partition coefficient (Wildman–Crippen LogP) is 2.04. The van der Waals surface area contributed by atoms with Crippen LogP contribution in [-0.2, 0) is 11.2 Å². The molecule has 64 valence electrons. The number of halogens is 2. The summed E-state index contributed by atoms with van der Waals surface area (Å²) in [7, 11) is 0. The molecule has 0 aliphatic heterocycles. The molecule has 0 fully saturated rings. The Balaban J connectivity index is 3.22. The van der Waals surface area contributed by atoms with Gasteiger partial charge in [0.15, 0.2) is 0 Å². The second-order valence-corrected chi connectivity index (χ2v) is 3.02. The molecule has 0 heterocycles. The maximum Gasteiger partial charge on any atom is 0.137 e. The van der Waals surface area contributed by atoms with Crippen molar-refractivity contribution in [2.45, 2.75) is 6.42 Å². The van der Waals surface area contributed by atoms with E-state index in [0.717, 1.165) is 6.07 Å². The van der Waals surface area contributed by atoms with Gasteiger partial charge >= 0.3 is 0 Å². The summed E-state index contributed by atoms with van der Waals surface area (Å²) in [6, 6.07) is 2.35. The first kappa shape index (κ1) is 9.19. The van der Waals surface area contributed by atoms with Gasteiger partial charge in [-0.3, -0.25) is 0 Å². The summed E-state index contributed by atoms with van der Waals surface area (Å²) >= 11 is 2.94. The van der Waals surface area contributed by atoms with Gasteiger partial charge in [-0.25, -0.2) is 4.39 Å². The molecule has 0 amide bonds. The van der Waals surface area contributed by atoms with E-state index in [9.17, 15) is 14.3 Å². The summed E-state index contributed by atoms with van der Waals surface area (Å²) in [5, 5.41) is 9.19. The van der Waals surface area contributed by atoms with Crippen molar-refractivity contribution in [2.24, 2.45) is 0 Å². The standard InChI is InChI=1S/C8H6BrFO2/c9-8-5(3-4-11)7(12)2-1-6(8)10/h1-2,4,12H,3H2. The summed E-state index contributed by atoms with van der Waals surface area (Å²) < 4.78 is 13.0. The van der Waals surface area contributed by atoms with E-state index in [4.69, 9.17) is 0 Å². The number of phenolic OH excluding ortho intramolecular Hbond substituents is 1. The summed E-state index contributed by atoms with van der Waals surface area (Å²) in [5.74, 6) is -0.556. The van der Waals surface area contributed by atoms with Crippen LogP contribution in [0.4, 0.5) is 4.39 Å². The lowest BCUT2D eigenvalue weighted by atomic mass is 10.1. The summed E-state index contributed by atoms with van der Waals surface area (Å²) in [6.45, 7) is 0. The van der Waals surface area contributed by atoms with Crippen LogP contribution in [-0.4, -0.2) is 11.4 Å². The lowest BCUT2D eigenvalue weighted by Crippen LogP contribution is -1.91. The fourth-order valence-electron chi connectivity index (χ4n) is 0.860.